The van der Waals surface area contributed by atoms with Crippen LogP contribution in [0.5, 0.6) is 0 Å². The van der Waals surface area contributed by atoms with E-state index in [1.165, 1.54) is 4.90 Å². The number of nitrogens with one attached hydrogen (secondary N) is 2. The summed E-state index contributed by atoms with van der Waals surface area (Å²) in [5.74, 6) is -0.596. The minimum absolute atomic E-state index is 0.0290. The molecular formula is C22H36FN5O6. The molecule has 12 heteroatoms. The zero-order valence-electron chi connectivity index (χ0n) is 20.3. The number of nitrogens with zero attached hydrogens (tertiary/aromatic N) is 3. The third kappa shape index (κ3) is 8.24. The van der Waals surface area contributed by atoms with Gasteiger partial charge in [-0.05, 0) is 47.2 Å². The van der Waals surface area contributed by atoms with E-state index >= 15 is 0 Å². The van der Waals surface area contributed by atoms with Gasteiger partial charge in [-0.15, -0.1) is 0 Å². The van der Waals surface area contributed by atoms with Gasteiger partial charge in [-0.1, -0.05) is 0 Å². The summed E-state index contributed by atoms with van der Waals surface area (Å²) in [5, 5.41) is 5.11. The number of likely N-dealkylation sites (tertiary alicyclic amines) is 1. The van der Waals surface area contributed by atoms with Crippen LogP contribution in [0.25, 0.3) is 0 Å². The first-order chi connectivity index (χ1) is 16.1. The van der Waals surface area contributed by atoms with Gasteiger partial charge >= 0.3 is 11.9 Å². The lowest BCUT2D eigenvalue weighted by atomic mass is 10.1. The van der Waals surface area contributed by atoms with E-state index < -0.39 is 30.5 Å². The van der Waals surface area contributed by atoms with E-state index in [1.807, 2.05) is 0 Å². The summed E-state index contributed by atoms with van der Waals surface area (Å²) in [6.07, 6.45) is 3.39. The van der Waals surface area contributed by atoms with E-state index in [0.29, 0.717) is 42.9 Å². The summed E-state index contributed by atoms with van der Waals surface area (Å²) in [7, 11) is 3.70. The van der Waals surface area contributed by atoms with Crippen molar-refractivity contribution >= 4 is 18.2 Å². The van der Waals surface area contributed by atoms with E-state index in [4.69, 9.17) is 8.83 Å². The Morgan fingerprint density at radius 2 is 2.06 bits per heavy atom. The van der Waals surface area contributed by atoms with Crippen LogP contribution in [0.3, 0.4) is 0 Å². The Kier molecular flexibility index (Phi) is 10.7. The highest BCUT2D eigenvalue weighted by molar-refractivity contribution is 5.82. The highest BCUT2D eigenvalue weighted by Crippen LogP contribution is 2.24. The monoisotopic (exact) mass is 485 g/mol. The standard InChI is InChI=1S/C22H36FN5O6/c1-15-5-6-18(27(15)4)7-10-28(21(31)24-9-8-23)11-17(14-29)25-20(30)13-26(3)12-19-16(2)33-22(32)34-19/h14-15,17-18H,5-13H2,1-4H3,(H,24,31)(H,25,30). The minimum atomic E-state index is -0.925. The second kappa shape index (κ2) is 13.2. The maximum Gasteiger partial charge on any atom is 0.519 e. The lowest BCUT2D eigenvalue weighted by Crippen LogP contribution is -2.52. The van der Waals surface area contributed by atoms with Gasteiger partial charge in [0, 0.05) is 31.7 Å². The summed E-state index contributed by atoms with van der Waals surface area (Å²) < 4.78 is 22.3. The van der Waals surface area contributed by atoms with Crippen LogP contribution in [0.1, 0.15) is 37.7 Å². The van der Waals surface area contributed by atoms with Gasteiger partial charge in [0.15, 0.2) is 5.76 Å². The van der Waals surface area contributed by atoms with Gasteiger partial charge in [0.2, 0.25) is 5.91 Å². The molecule has 0 spiro atoms. The largest absolute Gasteiger partial charge is 0.519 e. The summed E-state index contributed by atoms with van der Waals surface area (Å²) in [5.41, 5.74) is 0. The SMILES string of the molecule is Cc1oc(=O)oc1CN(C)CC(=O)NC(C=O)CN(CCC1CCC(C)N1C)C(=O)NCCF. The van der Waals surface area contributed by atoms with E-state index in [9.17, 15) is 23.6 Å². The number of carbonyl (C=O) groups is 3. The second-order valence-corrected chi connectivity index (χ2v) is 8.82. The number of carbonyl (C=O) groups excluding carboxylic acids is 3. The van der Waals surface area contributed by atoms with Gasteiger partial charge in [0.1, 0.15) is 24.8 Å². The van der Waals surface area contributed by atoms with Crippen molar-refractivity contribution in [1.29, 1.82) is 0 Å². The fourth-order valence-corrected chi connectivity index (χ4v) is 4.07. The first-order valence-corrected chi connectivity index (χ1v) is 11.5. The van der Waals surface area contributed by atoms with Crippen molar-refractivity contribution in [2.75, 3.05) is 46.9 Å². The van der Waals surface area contributed by atoms with Crippen molar-refractivity contribution in [2.24, 2.45) is 0 Å². The van der Waals surface area contributed by atoms with Gasteiger partial charge in [-0.25, -0.2) is 14.0 Å². The molecule has 11 nitrogen and oxygen atoms in total. The molecular weight excluding hydrogens is 449 g/mol. The predicted molar refractivity (Wildman–Crippen MR) is 122 cm³/mol. The molecule has 1 aromatic heterocycles. The lowest BCUT2D eigenvalue weighted by molar-refractivity contribution is -0.125. The molecule has 2 heterocycles. The Morgan fingerprint density at radius 1 is 1.32 bits per heavy atom. The van der Waals surface area contributed by atoms with Crippen molar-refractivity contribution in [3.05, 3.63) is 22.1 Å². The number of aldehydes is 1. The number of amides is 3. The number of urea groups is 1. The molecule has 0 bridgehead atoms. The van der Waals surface area contributed by atoms with Gasteiger partial charge in [-0.3, -0.25) is 9.69 Å². The maximum absolute atomic E-state index is 12.6. The summed E-state index contributed by atoms with van der Waals surface area (Å²) >= 11 is 0. The Hall–Kier alpha value is -2.73. The van der Waals surface area contributed by atoms with Crippen molar-refractivity contribution in [1.82, 2.24) is 25.3 Å². The summed E-state index contributed by atoms with van der Waals surface area (Å²) in [4.78, 5) is 53.2. The van der Waals surface area contributed by atoms with Crippen LogP contribution >= 0.6 is 0 Å². The first kappa shape index (κ1) is 27.5. The average Bonchev–Trinajstić information content (AvgIpc) is 3.27. The number of halogens is 1. The first-order valence-electron chi connectivity index (χ1n) is 11.5. The highest BCUT2D eigenvalue weighted by atomic mass is 19.1. The van der Waals surface area contributed by atoms with E-state index in [1.54, 1.807) is 18.9 Å². The molecule has 2 rings (SSSR count). The van der Waals surface area contributed by atoms with Crippen molar-refractivity contribution in [3.63, 3.8) is 0 Å². The molecule has 1 aromatic rings. The van der Waals surface area contributed by atoms with Crippen molar-refractivity contribution in [2.45, 2.75) is 57.8 Å². The lowest BCUT2D eigenvalue weighted by Gasteiger charge is -2.29. The molecule has 1 saturated heterocycles. The fraction of sp³-hybridized carbons (Fsp3) is 0.727. The van der Waals surface area contributed by atoms with Crippen molar-refractivity contribution in [3.8, 4) is 0 Å². The van der Waals surface area contributed by atoms with Crippen LogP contribution in [0.4, 0.5) is 9.18 Å². The number of likely N-dealkylation sites (N-methyl/N-ethyl adjacent to an activating group) is 1. The third-order valence-electron chi connectivity index (χ3n) is 6.17. The second-order valence-electron chi connectivity index (χ2n) is 8.82. The van der Waals surface area contributed by atoms with Gasteiger partial charge in [0.05, 0.1) is 13.1 Å². The molecule has 1 aliphatic heterocycles. The Morgan fingerprint density at radius 3 is 2.62 bits per heavy atom. The molecule has 3 atom stereocenters. The molecule has 192 valence electrons. The smallest absolute Gasteiger partial charge is 0.396 e. The summed E-state index contributed by atoms with van der Waals surface area (Å²) in [6, 6.07) is -0.617. The molecule has 0 aromatic carbocycles. The van der Waals surface area contributed by atoms with Crippen LogP contribution in [-0.2, 0) is 16.1 Å². The van der Waals surface area contributed by atoms with Crippen LogP contribution < -0.4 is 16.5 Å². The normalized spacial score (nSPS) is 19.2. The Labute approximate surface area is 198 Å². The fourth-order valence-electron chi connectivity index (χ4n) is 4.07. The van der Waals surface area contributed by atoms with E-state index in [2.05, 4.69) is 29.5 Å². The van der Waals surface area contributed by atoms with Gasteiger partial charge in [-0.2, -0.15) is 0 Å². The van der Waals surface area contributed by atoms with E-state index in [-0.39, 0.29) is 26.2 Å². The number of rotatable bonds is 13. The quantitative estimate of drug-likeness (QED) is 0.387. The number of hydrogen-bond acceptors (Lipinski definition) is 8. The molecule has 0 aliphatic carbocycles. The molecule has 2 N–H and O–H groups in total. The topological polar surface area (TPSA) is 128 Å². The summed E-state index contributed by atoms with van der Waals surface area (Å²) in [6.45, 7) is 3.36. The zero-order valence-corrected chi connectivity index (χ0v) is 20.3. The van der Waals surface area contributed by atoms with Crippen LogP contribution in [0.2, 0.25) is 0 Å². The Balaban J connectivity index is 1.92. The van der Waals surface area contributed by atoms with Crippen LogP contribution in [-0.4, -0.2) is 98.0 Å². The van der Waals surface area contributed by atoms with Crippen molar-refractivity contribution < 1.29 is 27.6 Å². The number of aryl methyl sites for hydroxylation is 1. The predicted octanol–water partition coefficient (Wildman–Crippen LogP) is 0.511. The molecule has 34 heavy (non-hydrogen) atoms. The molecule has 0 radical (unpaired) electrons. The van der Waals surface area contributed by atoms with Crippen LogP contribution in [0, 0.1) is 6.92 Å². The molecule has 1 aliphatic rings. The number of alkyl halides is 1. The number of hydrogen-bond donors (Lipinski definition) is 2. The minimum Gasteiger partial charge on any atom is -0.396 e. The van der Waals surface area contributed by atoms with Crippen LogP contribution in [0.15, 0.2) is 13.6 Å². The average molecular weight is 486 g/mol. The zero-order chi connectivity index (χ0) is 25.3. The van der Waals surface area contributed by atoms with Gasteiger partial charge < -0.3 is 34.1 Å². The van der Waals surface area contributed by atoms with Gasteiger partial charge in [0.25, 0.3) is 0 Å². The molecule has 1 fully saturated rings. The maximum atomic E-state index is 12.6. The highest BCUT2D eigenvalue weighted by Gasteiger charge is 2.29. The molecule has 3 unspecified atom stereocenters. The molecule has 0 saturated carbocycles. The third-order valence-corrected chi connectivity index (χ3v) is 6.17. The molecule has 3 amide bonds. The van der Waals surface area contributed by atoms with E-state index in [0.717, 1.165) is 12.8 Å². The Bertz CT molecular complexity index is 874.